The van der Waals surface area contributed by atoms with Gasteiger partial charge < -0.3 is 36.3 Å². The molecule has 0 aliphatic rings. The molecule has 13 heteroatoms. The van der Waals surface area contributed by atoms with Crippen LogP contribution in [0, 0.1) is 6.92 Å². The SMILES string of the molecule is COc1cccc(Nc2c(C(N)=O)cnc3c(C)cc(S(=O)(=O)c4ccc(-c5ccc(CNC[C@H](O)c6ccc(O)c7[nH]c(=O)ccc67)cc5)cc4)cc23)c1. The van der Waals surface area contributed by atoms with Gasteiger partial charge in [-0.2, -0.15) is 0 Å². The van der Waals surface area contributed by atoms with Crippen molar-refractivity contribution in [2.24, 2.45) is 5.73 Å². The third kappa shape index (κ3) is 7.49. The molecule has 0 aliphatic heterocycles. The first-order chi connectivity index (χ1) is 26.4. The fourth-order valence-corrected chi connectivity index (χ4v) is 7.93. The van der Waals surface area contributed by atoms with Crippen LogP contribution in [0.5, 0.6) is 11.5 Å². The Labute approximate surface area is 316 Å². The summed E-state index contributed by atoms with van der Waals surface area (Å²) in [7, 11) is -2.45. The number of sulfone groups is 1. The second-order valence-corrected chi connectivity index (χ2v) is 15.0. The highest BCUT2D eigenvalue weighted by Gasteiger charge is 2.23. The monoisotopic (exact) mass is 755 g/mol. The summed E-state index contributed by atoms with van der Waals surface area (Å²) in [6, 6.07) is 30.6. The van der Waals surface area contributed by atoms with Gasteiger partial charge in [-0.05, 0) is 83.3 Å². The zero-order valence-corrected chi connectivity index (χ0v) is 30.6. The van der Waals surface area contributed by atoms with E-state index in [2.05, 4.69) is 20.6 Å². The van der Waals surface area contributed by atoms with E-state index in [1.807, 2.05) is 24.3 Å². The molecule has 0 unspecified atom stereocenters. The number of benzene rings is 5. The number of carbonyl (C=O) groups is 1. The maximum Gasteiger partial charge on any atom is 0.252 e. The summed E-state index contributed by atoms with van der Waals surface area (Å²) in [5.41, 5.74) is 11.1. The third-order valence-electron chi connectivity index (χ3n) is 9.43. The highest BCUT2D eigenvalue weighted by atomic mass is 32.2. The van der Waals surface area contributed by atoms with E-state index >= 15 is 0 Å². The van der Waals surface area contributed by atoms with Crippen molar-refractivity contribution in [1.82, 2.24) is 15.3 Å². The number of pyridine rings is 2. The molecule has 2 heterocycles. The van der Waals surface area contributed by atoms with Crippen molar-refractivity contribution in [1.29, 1.82) is 0 Å². The maximum absolute atomic E-state index is 14.0. The number of aliphatic hydroxyl groups excluding tert-OH is 1. The highest BCUT2D eigenvalue weighted by Crippen LogP contribution is 2.35. The van der Waals surface area contributed by atoms with Gasteiger partial charge in [-0.15, -0.1) is 0 Å². The van der Waals surface area contributed by atoms with E-state index in [0.29, 0.717) is 51.1 Å². The average molecular weight is 756 g/mol. The molecule has 1 atom stereocenters. The van der Waals surface area contributed by atoms with Gasteiger partial charge in [0.2, 0.25) is 15.4 Å². The van der Waals surface area contributed by atoms with Gasteiger partial charge in [0.15, 0.2) is 0 Å². The fourth-order valence-electron chi connectivity index (χ4n) is 6.56. The van der Waals surface area contributed by atoms with E-state index in [-0.39, 0.29) is 38.7 Å². The van der Waals surface area contributed by atoms with E-state index in [1.54, 1.807) is 80.8 Å². The lowest BCUT2D eigenvalue weighted by molar-refractivity contribution is 0.100. The number of nitrogens with zero attached hydrogens (tertiary/aromatic N) is 1. The van der Waals surface area contributed by atoms with Gasteiger partial charge in [0.1, 0.15) is 11.5 Å². The van der Waals surface area contributed by atoms with E-state index in [0.717, 1.165) is 16.7 Å². The Hall–Kier alpha value is -6.54. The predicted octanol–water partition coefficient (Wildman–Crippen LogP) is 6.26. The quantitative estimate of drug-likeness (QED) is 0.0828. The van der Waals surface area contributed by atoms with E-state index in [9.17, 15) is 28.2 Å². The lowest BCUT2D eigenvalue weighted by Crippen LogP contribution is -2.21. The molecule has 0 aliphatic carbocycles. The van der Waals surface area contributed by atoms with Gasteiger partial charge >= 0.3 is 0 Å². The van der Waals surface area contributed by atoms with Crippen LogP contribution in [-0.2, 0) is 16.4 Å². The number of amides is 1. The highest BCUT2D eigenvalue weighted by molar-refractivity contribution is 7.91. The molecule has 0 spiro atoms. The largest absolute Gasteiger partial charge is 0.506 e. The fraction of sp³-hybridized carbons (Fsp3) is 0.119. The molecular formula is C42H37N5O7S. The summed E-state index contributed by atoms with van der Waals surface area (Å²) in [6.45, 7) is 2.47. The molecule has 278 valence electrons. The van der Waals surface area contributed by atoms with Crippen molar-refractivity contribution >= 4 is 48.9 Å². The molecule has 55 heavy (non-hydrogen) atoms. The van der Waals surface area contributed by atoms with Crippen LogP contribution >= 0.6 is 0 Å². The van der Waals surface area contributed by atoms with Crippen molar-refractivity contribution < 1.29 is 28.2 Å². The summed E-state index contributed by atoms with van der Waals surface area (Å²) >= 11 is 0. The van der Waals surface area contributed by atoms with Crippen LogP contribution in [0.3, 0.4) is 0 Å². The molecule has 0 saturated carbocycles. The number of aryl methyl sites for hydroxylation is 1. The number of fused-ring (bicyclic) bond motifs is 2. The molecule has 0 bridgehead atoms. The number of aliphatic hydroxyl groups is 1. The number of carbonyl (C=O) groups excluding carboxylic acids is 1. The number of nitrogens with two attached hydrogens (primary N) is 1. The topological polar surface area (TPSA) is 197 Å². The normalized spacial score (nSPS) is 12.1. The smallest absolute Gasteiger partial charge is 0.252 e. The lowest BCUT2D eigenvalue weighted by Gasteiger charge is -2.16. The number of phenols is 1. The molecule has 0 saturated heterocycles. The van der Waals surface area contributed by atoms with Gasteiger partial charge in [-0.1, -0.05) is 48.5 Å². The molecule has 2 aromatic heterocycles. The number of aromatic hydroxyl groups is 1. The first-order valence-electron chi connectivity index (χ1n) is 17.3. The minimum atomic E-state index is -3.99. The van der Waals surface area contributed by atoms with Crippen molar-refractivity contribution in [3.8, 4) is 22.6 Å². The molecule has 12 nitrogen and oxygen atoms in total. The number of ether oxygens (including phenoxy) is 1. The van der Waals surface area contributed by atoms with Crippen LogP contribution in [-0.4, -0.2) is 48.2 Å². The molecule has 7 N–H and O–H groups in total. The molecular weight excluding hydrogens is 719 g/mol. The number of primary amides is 1. The zero-order valence-electron chi connectivity index (χ0n) is 29.8. The van der Waals surface area contributed by atoms with E-state index in [1.165, 1.54) is 24.4 Å². The van der Waals surface area contributed by atoms with Crippen molar-refractivity contribution in [2.75, 3.05) is 19.0 Å². The number of rotatable bonds is 12. The first-order valence-corrected chi connectivity index (χ1v) is 18.7. The first kappa shape index (κ1) is 36.8. The number of aromatic nitrogens is 2. The molecule has 0 fully saturated rings. The van der Waals surface area contributed by atoms with Gasteiger partial charge in [-0.25, -0.2) is 8.42 Å². The van der Waals surface area contributed by atoms with Crippen LogP contribution in [0.2, 0.25) is 0 Å². The van der Waals surface area contributed by atoms with Gasteiger partial charge in [-0.3, -0.25) is 14.6 Å². The van der Waals surface area contributed by atoms with Crippen LogP contribution in [0.25, 0.3) is 32.9 Å². The number of hydrogen-bond donors (Lipinski definition) is 6. The van der Waals surface area contributed by atoms with Crippen molar-refractivity contribution in [3.05, 3.63) is 148 Å². The van der Waals surface area contributed by atoms with Gasteiger partial charge in [0.05, 0.1) is 45.3 Å². The van der Waals surface area contributed by atoms with Gasteiger partial charge in [0, 0.05) is 47.9 Å². The number of H-pyrrole nitrogens is 1. The molecule has 5 aromatic carbocycles. The second-order valence-electron chi connectivity index (χ2n) is 13.1. The number of methoxy groups -OCH3 is 1. The minimum Gasteiger partial charge on any atom is -0.506 e. The van der Waals surface area contributed by atoms with Crippen LogP contribution < -0.4 is 26.7 Å². The summed E-state index contributed by atoms with van der Waals surface area (Å²) in [6.07, 6.45) is 0.496. The van der Waals surface area contributed by atoms with Gasteiger partial charge in [0.25, 0.3) is 5.91 Å². The Morgan fingerprint density at radius 3 is 2.35 bits per heavy atom. The molecule has 7 rings (SSSR count). The summed E-state index contributed by atoms with van der Waals surface area (Å²) in [5.74, 6) is -0.195. The number of phenolic OH excluding ortho intramolecular Hbond substituents is 1. The molecule has 7 aromatic rings. The average Bonchev–Trinajstić information content (AvgIpc) is 3.18. The molecule has 1 amide bonds. The van der Waals surface area contributed by atoms with Crippen molar-refractivity contribution in [3.63, 3.8) is 0 Å². The zero-order chi connectivity index (χ0) is 38.9. The Balaban J connectivity index is 1.08. The Morgan fingerprint density at radius 2 is 1.64 bits per heavy atom. The maximum atomic E-state index is 14.0. The number of aromatic amines is 1. The Bertz CT molecular complexity index is 2750. The number of anilines is 2. The molecule has 0 radical (unpaired) electrons. The second kappa shape index (κ2) is 15.1. The third-order valence-corrected chi connectivity index (χ3v) is 11.2. The summed E-state index contributed by atoms with van der Waals surface area (Å²) in [5, 5.41) is 28.5. The van der Waals surface area contributed by atoms with E-state index in [4.69, 9.17) is 10.5 Å². The van der Waals surface area contributed by atoms with Crippen molar-refractivity contribution in [2.45, 2.75) is 29.4 Å². The summed E-state index contributed by atoms with van der Waals surface area (Å²) in [4.78, 5) is 31.4. The minimum absolute atomic E-state index is 0.0397. The van der Waals surface area contributed by atoms with Crippen LogP contribution in [0.1, 0.15) is 33.2 Å². The summed E-state index contributed by atoms with van der Waals surface area (Å²) < 4.78 is 33.4. The number of hydrogen-bond acceptors (Lipinski definition) is 10. The number of nitrogens with one attached hydrogen (secondary N) is 3. The Morgan fingerprint density at radius 1 is 0.909 bits per heavy atom. The van der Waals surface area contributed by atoms with Crippen LogP contribution in [0.15, 0.2) is 130 Å². The Kier molecular flexibility index (Phi) is 10.1. The van der Waals surface area contributed by atoms with Crippen LogP contribution in [0.4, 0.5) is 11.4 Å². The van der Waals surface area contributed by atoms with E-state index < -0.39 is 21.8 Å². The lowest BCUT2D eigenvalue weighted by atomic mass is 10.0. The predicted molar refractivity (Wildman–Crippen MR) is 212 cm³/mol. The standard InChI is InChI=1S/C42H37N5O7S/c1-24-18-31(20-34-39(24)45-22-35(42(43)51)40(34)46-28-4-3-5-29(19-28)54-2)55(52,53)30-12-10-27(11-13-30)26-8-6-25(7-9-26)21-44-23-37(49)32-14-16-36(48)41-33(32)15-17-38(50)47-41/h3-20,22,37,44,48-49H,21,23H2,1-2H3,(H2,43,51)(H,45,46)(H,47,50)/t37-/m0/s1.